The van der Waals surface area contributed by atoms with E-state index in [-0.39, 0.29) is 16.9 Å². The van der Waals surface area contributed by atoms with Crippen LogP contribution in [0.1, 0.15) is 18.1 Å². The standard InChI is InChI=1S/C14H19NO3S/c1-14(9-19(16,17)10-14)8-18-13-4-2-3-11-7-15-6-5-12(11)13/h2-4,15H,5-10H2,1H3. The first-order valence-corrected chi connectivity index (χ1v) is 8.44. The SMILES string of the molecule is CC1(COc2cccc3c2CCNC3)CS(=O)(=O)C1. The van der Waals surface area contributed by atoms with Crippen molar-refractivity contribution in [3.63, 3.8) is 0 Å². The molecule has 0 amide bonds. The van der Waals surface area contributed by atoms with Crippen LogP contribution in [0.5, 0.6) is 5.75 Å². The van der Waals surface area contributed by atoms with Crippen LogP contribution in [-0.2, 0) is 22.8 Å². The molecule has 5 heteroatoms. The lowest BCUT2D eigenvalue weighted by Crippen LogP contribution is -2.50. The predicted octanol–water partition coefficient (Wildman–Crippen LogP) is 1.15. The van der Waals surface area contributed by atoms with Gasteiger partial charge in [-0.1, -0.05) is 19.1 Å². The van der Waals surface area contributed by atoms with E-state index in [4.69, 9.17) is 4.74 Å². The Morgan fingerprint density at radius 1 is 1.37 bits per heavy atom. The van der Waals surface area contributed by atoms with Gasteiger partial charge in [0.25, 0.3) is 0 Å². The van der Waals surface area contributed by atoms with Gasteiger partial charge in [-0.2, -0.15) is 0 Å². The summed E-state index contributed by atoms with van der Waals surface area (Å²) in [6, 6.07) is 6.10. The molecule has 4 nitrogen and oxygen atoms in total. The Hall–Kier alpha value is -1.07. The van der Waals surface area contributed by atoms with E-state index in [0.717, 1.165) is 25.3 Å². The maximum Gasteiger partial charge on any atom is 0.151 e. The largest absolute Gasteiger partial charge is 0.493 e. The van der Waals surface area contributed by atoms with Gasteiger partial charge in [-0.25, -0.2) is 8.42 Å². The molecule has 1 N–H and O–H groups in total. The Bertz CT molecular complexity index is 583. The molecule has 0 spiro atoms. The van der Waals surface area contributed by atoms with Crippen LogP contribution in [0.2, 0.25) is 0 Å². The van der Waals surface area contributed by atoms with Gasteiger partial charge in [0.05, 0.1) is 18.1 Å². The Morgan fingerprint density at radius 2 is 2.16 bits per heavy atom. The fourth-order valence-corrected chi connectivity index (χ4v) is 5.19. The van der Waals surface area contributed by atoms with Crippen molar-refractivity contribution in [3.05, 3.63) is 29.3 Å². The van der Waals surface area contributed by atoms with E-state index < -0.39 is 9.84 Å². The molecule has 1 fully saturated rings. The highest BCUT2D eigenvalue weighted by atomic mass is 32.2. The molecule has 3 rings (SSSR count). The minimum atomic E-state index is -2.80. The third kappa shape index (κ3) is 2.62. The summed E-state index contributed by atoms with van der Waals surface area (Å²) in [5, 5.41) is 3.34. The maximum absolute atomic E-state index is 11.3. The molecule has 1 saturated heterocycles. The summed E-state index contributed by atoms with van der Waals surface area (Å²) in [7, 11) is -2.80. The summed E-state index contributed by atoms with van der Waals surface area (Å²) in [5.74, 6) is 1.41. The number of hydrogen-bond donors (Lipinski definition) is 1. The van der Waals surface area contributed by atoms with E-state index in [1.54, 1.807) is 0 Å². The topological polar surface area (TPSA) is 55.4 Å². The second kappa shape index (κ2) is 4.49. The molecule has 0 bridgehead atoms. The first-order valence-electron chi connectivity index (χ1n) is 6.62. The lowest BCUT2D eigenvalue weighted by Gasteiger charge is -2.37. The van der Waals surface area contributed by atoms with Crippen molar-refractivity contribution in [3.8, 4) is 5.75 Å². The Balaban J connectivity index is 1.71. The van der Waals surface area contributed by atoms with Crippen molar-refractivity contribution in [2.75, 3.05) is 24.7 Å². The fraction of sp³-hybridized carbons (Fsp3) is 0.571. The molecule has 0 atom stereocenters. The Kier molecular flexibility index (Phi) is 3.06. The number of benzene rings is 1. The second-order valence-electron chi connectivity index (χ2n) is 5.95. The normalized spacial score (nSPS) is 23.2. The molecule has 0 radical (unpaired) electrons. The maximum atomic E-state index is 11.3. The van der Waals surface area contributed by atoms with Crippen LogP contribution >= 0.6 is 0 Å². The lowest BCUT2D eigenvalue weighted by molar-refractivity contribution is 0.186. The monoisotopic (exact) mass is 281 g/mol. The van der Waals surface area contributed by atoms with Crippen molar-refractivity contribution in [2.24, 2.45) is 5.41 Å². The van der Waals surface area contributed by atoms with Gasteiger partial charge in [0.1, 0.15) is 5.75 Å². The van der Waals surface area contributed by atoms with E-state index in [2.05, 4.69) is 11.4 Å². The number of sulfone groups is 1. The van der Waals surface area contributed by atoms with Crippen LogP contribution in [-0.4, -0.2) is 33.1 Å². The average Bonchev–Trinajstić information content (AvgIpc) is 2.34. The highest BCUT2D eigenvalue weighted by Gasteiger charge is 2.45. The molecule has 104 valence electrons. The van der Waals surface area contributed by atoms with Crippen LogP contribution in [0.3, 0.4) is 0 Å². The summed E-state index contributed by atoms with van der Waals surface area (Å²) in [4.78, 5) is 0. The van der Waals surface area contributed by atoms with Gasteiger partial charge in [0, 0.05) is 12.0 Å². The van der Waals surface area contributed by atoms with Crippen molar-refractivity contribution >= 4 is 9.84 Å². The van der Waals surface area contributed by atoms with Crippen molar-refractivity contribution in [1.82, 2.24) is 5.32 Å². The first-order chi connectivity index (χ1) is 8.98. The summed E-state index contributed by atoms with van der Waals surface area (Å²) >= 11 is 0. The van der Waals surface area contributed by atoms with Crippen LogP contribution in [0.4, 0.5) is 0 Å². The molecule has 0 aliphatic carbocycles. The van der Waals surface area contributed by atoms with Gasteiger partial charge in [-0.05, 0) is 30.2 Å². The molecule has 1 aromatic rings. The molecule has 2 heterocycles. The molecule has 0 unspecified atom stereocenters. The van der Waals surface area contributed by atoms with Crippen molar-refractivity contribution < 1.29 is 13.2 Å². The number of fused-ring (bicyclic) bond motifs is 1. The average molecular weight is 281 g/mol. The van der Waals surface area contributed by atoms with E-state index in [9.17, 15) is 8.42 Å². The minimum absolute atomic E-state index is 0.214. The number of ether oxygens (including phenoxy) is 1. The predicted molar refractivity (Wildman–Crippen MR) is 74.1 cm³/mol. The van der Waals surface area contributed by atoms with Gasteiger partial charge < -0.3 is 10.1 Å². The Morgan fingerprint density at radius 3 is 2.89 bits per heavy atom. The molecule has 0 aromatic heterocycles. The lowest BCUT2D eigenvalue weighted by atomic mass is 9.96. The molecule has 0 saturated carbocycles. The van der Waals surface area contributed by atoms with Crippen molar-refractivity contribution in [1.29, 1.82) is 0 Å². The zero-order valence-corrected chi connectivity index (χ0v) is 11.9. The fourth-order valence-electron chi connectivity index (χ4n) is 2.99. The van der Waals surface area contributed by atoms with Crippen molar-refractivity contribution in [2.45, 2.75) is 19.9 Å². The van der Waals surface area contributed by atoms with Gasteiger partial charge in [0.2, 0.25) is 0 Å². The number of nitrogens with one attached hydrogen (secondary N) is 1. The second-order valence-corrected chi connectivity index (χ2v) is 8.02. The zero-order chi connectivity index (χ0) is 13.5. The van der Waals surface area contributed by atoms with E-state index in [1.165, 1.54) is 11.1 Å². The highest BCUT2D eigenvalue weighted by Crippen LogP contribution is 2.34. The third-order valence-electron chi connectivity index (χ3n) is 3.81. The Labute approximate surface area is 114 Å². The minimum Gasteiger partial charge on any atom is -0.493 e. The smallest absolute Gasteiger partial charge is 0.151 e. The number of rotatable bonds is 3. The summed E-state index contributed by atoms with van der Waals surface area (Å²) in [5.41, 5.74) is 2.34. The quantitative estimate of drug-likeness (QED) is 0.903. The summed E-state index contributed by atoms with van der Waals surface area (Å²) in [6.07, 6.45) is 0.973. The molecular weight excluding hydrogens is 262 g/mol. The van der Waals surface area contributed by atoms with Crippen LogP contribution in [0.15, 0.2) is 18.2 Å². The summed E-state index contributed by atoms with van der Waals surface area (Å²) < 4.78 is 28.5. The molecule has 19 heavy (non-hydrogen) atoms. The third-order valence-corrected chi connectivity index (χ3v) is 6.08. The van der Waals surface area contributed by atoms with E-state index in [0.29, 0.717) is 6.61 Å². The van der Waals surface area contributed by atoms with E-state index >= 15 is 0 Å². The van der Waals surface area contributed by atoms with Crippen LogP contribution in [0.25, 0.3) is 0 Å². The van der Waals surface area contributed by atoms with Gasteiger partial charge in [-0.15, -0.1) is 0 Å². The molecule has 1 aromatic carbocycles. The van der Waals surface area contributed by atoms with Gasteiger partial charge in [-0.3, -0.25) is 0 Å². The van der Waals surface area contributed by atoms with Crippen LogP contribution in [0, 0.1) is 5.41 Å². The molecular formula is C14H19NO3S. The van der Waals surface area contributed by atoms with Gasteiger partial charge >= 0.3 is 0 Å². The first kappa shape index (κ1) is 12.9. The highest BCUT2D eigenvalue weighted by molar-refractivity contribution is 7.92. The number of hydrogen-bond acceptors (Lipinski definition) is 4. The summed E-state index contributed by atoms with van der Waals surface area (Å²) in [6.45, 7) is 4.32. The molecule has 2 aliphatic rings. The zero-order valence-electron chi connectivity index (χ0n) is 11.1. The molecule has 2 aliphatic heterocycles. The van der Waals surface area contributed by atoms with E-state index in [1.807, 2.05) is 19.1 Å². The van der Waals surface area contributed by atoms with Crippen LogP contribution < -0.4 is 10.1 Å². The van der Waals surface area contributed by atoms with Gasteiger partial charge in [0.15, 0.2) is 9.84 Å².